The summed E-state index contributed by atoms with van der Waals surface area (Å²) in [4.78, 5) is 2.33. The molecule has 2 saturated heterocycles. The first-order valence-electron chi connectivity index (χ1n) is 5.89. The number of nitrogens with zero attached hydrogens (tertiary/aromatic N) is 1. The first-order valence-corrected chi connectivity index (χ1v) is 5.89. The quantitative estimate of drug-likeness (QED) is 0.679. The maximum atomic E-state index is 13.7. The summed E-state index contributed by atoms with van der Waals surface area (Å²) in [5, 5.41) is 0. The van der Waals surface area contributed by atoms with E-state index in [9.17, 15) is 4.39 Å². The molecule has 80 valence electrons. The Bertz CT molecular complexity index is 347. The molecule has 0 amide bonds. The van der Waals surface area contributed by atoms with E-state index in [2.05, 4.69) is 4.90 Å². The Morgan fingerprint density at radius 1 is 1.00 bits per heavy atom. The van der Waals surface area contributed by atoms with Crippen molar-refractivity contribution in [3.8, 4) is 0 Å². The van der Waals surface area contributed by atoms with Gasteiger partial charge in [0.1, 0.15) is 5.82 Å². The third-order valence-corrected chi connectivity index (χ3v) is 3.83. The molecule has 1 nitrogen and oxygen atoms in total. The van der Waals surface area contributed by atoms with E-state index in [1.54, 1.807) is 12.1 Å². The molecule has 15 heavy (non-hydrogen) atoms. The fourth-order valence-electron chi connectivity index (χ4n) is 3.17. The van der Waals surface area contributed by atoms with Gasteiger partial charge in [0, 0.05) is 12.1 Å². The van der Waals surface area contributed by atoms with Gasteiger partial charge < -0.3 is 4.90 Å². The van der Waals surface area contributed by atoms with Crippen molar-refractivity contribution < 1.29 is 4.39 Å². The van der Waals surface area contributed by atoms with E-state index in [0.717, 1.165) is 5.69 Å². The first-order chi connectivity index (χ1) is 7.36. The lowest BCUT2D eigenvalue weighted by Gasteiger charge is -2.36. The van der Waals surface area contributed by atoms with Crippen molar-refractivity contribution in [3.05, 3.63) is 30.1 Å². The highest BCUT2D eigenvalue weighted by Crippen LogP contribution is 2.39. The molecule has 2 heteroatoms. The lowest BCUT2D eigenvalue weighted by molar-refractivity contribution is 0.460. The highest BCUT2D eigenvalue weighted by atomic mass is 19.1. The van der Waals surface area contributed by atoms with Crippen molar-refractivity contribution in [3.63, 3.8) is 0 Å². The summed E-state index contributed by atoms with van der Waals surface area (Å²) >= 11 is 0. The maximum Gasteiger partial charge on any atom is 0.146 e. The van der Waals surface area contributed by atoms with Gasteiger partial charge in [0.25, 0.3) is 0 Å². The topological polar surface area (TPSA) is 3.24 Å². The van der Waals surface area contributed by atoms with Gasteiger partial charge in [0.05, 0.1) is 5.69 Å². The van der Waals surface area contributed by atoms with Gasteiger partial charge in [0.2, 0.25) is 0 Å². The standard InChI is InChI=1S/C13H16FN/c14-12-6-1-2-7-13(12)15-10-4-3-5-11(15)9-8-10/h1-2,6-7,10-11H,3-5,8-9H2. The van der Waals surface area contributed by atoms with E-state index in [0.29, 0.717) is 12.1 Å². The number of fused-ring (bicyclic) bond motifs is 2. The average molecular weight is 205 g/mol. The minimum Gasteiger partial charge on any atom is -0.363 e. The second-order valence-corrected chi connectivity index (χ2v) is 4.67. The number of piperidine rings is 1. The molecule has 0 N–H and O–H groups in total. The monoisotopic (exact) mass is 205 g/mol. The predicted molar refractivity (Wildman–Crippen MR) is 59.5 cm³/mol. The molecule has 2 atom stereocenters. The van der Waals surface area contributed by atoms with Crippen LogP contribution in [0.4, 0.5) is 10.1 Å². The summed E-state index contributed by atoms with van der Waals surface area (Å²) in [6, 6.07) is 8.40. The summed E-state index contributed by atoms with van der Waals surface area (Å²) in [6.07, 6.45) is 6.30. The molecular weight excluding hydrogens is 189 g/mol. The highest BCUT2D eigenvalue weighted by molar-refractivity contribution is 5.51. The zero-order valence-electron chi connectivity index (χ0n) is 8.82. The van der Waals surface area contributed by atoms with Crippen molar-refractivity contribution in [2.24, 2.45) is 0 Å². The zero-order chi connectivity index (χ0) is 10.3. The van der Waals surface area contributed by atoms with Crippen LogP contribution >= 0.6 is 0 Å². The SMILES string of the molecule is Fc1ccccc1N1C2CCCC1CC2. The molecule has 0 saturated carbocycles. The molecule has 0 radical (unpaired) electrons. The van der Waals surface area contributed by atoms with Crippen LogP contribution in [0.5, 0.6) is 0 Å². The van der Waals surface area contributed by atoms with E-state index in [-0.39, 0.29) is 5.82 Å². The van der Waals surface area contributed by atoms with Gasteiger partial charge >= 0.3 is 0 Å². The molecule has 2 aliphatic heterocycles. The Kier molecular flexibility index (Phi) is 2.15. The molecular formula is C13H16FN. The molecule has 3 rings (SSSR count). The summed E-state index contributed by atoms with van der Waals surface area (Å²) < 4.78 is 13.7. The number of anilines is 1. The van der Waals surface area contributed by atoms with Gasteiger partial charge in [-0.15, -0.1) is 0 Å². The van der Waals surface area contributed by atoms with Crippen LogP contribution in [-0.4, -0.2) is 12.1 Å². The smallest absolute Gasteiger partial charge is 0.146 e. The Balaban J connectivity index is 1.97. The molecule has 2 fully saturated rings. The molecule has 2 aliphatic rings. The molecule has 1 aromatic rings. The van der Waals surface area contributed by atoms with Crippen LogP contribution < -0.4 is 4.90 Å². The van der Waals surface area contributed by atoms with Gasteiger partial charge in [-0.3, -0.25) is 0 Å². The molecule has 0 aromatic heterocycles. The van der Waals surface area contributed by atoms with Gasteiger partial charge in [-0.05, 0) is 44.2 Å². The van der Waals surface area contributed by atoms with Gasteiger partial charge in [0.15, 0.2) is 0 Å². The van der Waals surface area contributed by atoms with Gasteiger partial charge in [-0.25, -0.2) is 4.39 Å². The number of para-hydroxylation sites is 1. The average Bonchev–Trinajstić information content (AvgIpc) is 2.50. The molecule has 0 spiro atoms. The van der Waals surface area contributed by atoms with E-state index in [1.807, 2.05) is 12.1 Å². The maximum absolute atomic E-state index is 13.7. The second kappa shape index (κ2) is 3.51. The summed E-state index contributed by atoms with van der Waals surface area (Å²) in [6.45, 7) is 0. The molecule has 2 bridgehead atoms. The summed E-state index contributed by atoms with van der Waals surface area (Å²) in [7, 11) is 0. The minimum atomic E-state index is -0.0590. The van der Waals surface area contributed by atoms with Crippen LogP contribution in [-0.2, 0) is 0 Å². The molecule has 0 aliphatic carbocycles. The van der Waals surface area contributed by atoms with Crippen LogP contribution in [0.3, 0.4) is 0 Å². The summed E-state index contributed by atoms with van der Waals surface area (Å²) in [5.41, 5.74) is 0.824. The van der Waals surface area contributed by atoms with Crippen LogP contribution in [0.1, 0.15) is 32.1 Å². The van der Waals surface area contributed by atoms with Crippen molar-refractivity contribution in [2.75, 3.05) is 4.90 Å². The van der Waals surface area contributed by atoms with Crippen molar-refractivity contribution in [2.45, 2.75) is 44.2 Å². The first kappa shape index (κ1) is 9.20. The lowest BCUT2D eigenvalue weighted by atomic mass is 10.0. The van der Waals surface area contributed by atoms with E-state index < -0.39 is 0 Å². The fraction of sp³-hybridized carbons (Fsp3) is 0.538. The number of hydrogen-bond donors (Lipinski definition) is 0. The second-order valence-electron chi connectivity index (χ2n) is 4.67. The molecule has 2 unspecified atom stereocenters. The number of benzene rings is 1. The molecule has 2 heterocycles. The number of rotatable bonds is 1. The minimum absolute atomic E-state index is 0.0590. The van der Waals surface area contributed by atoms with Crippen LogP contribution in [0.25, 0.3) is 0 Å². The third kappa shape index (κ3) is 1.43. The Hall–Kier alpha value is -1.05. The van der Waals surface area contributed by atoms with Gasteiger partial charge in [-0.1, -0.05) is 12.1 Å². The molecule has 1 aromatic carbocycles. The highest BCUT2D eigenvalue weighted by Gasteiger charge is 2.37. The van der Waals surface area contributed by atoms with E-state index in [4.69, 9.17) is 0 Å². The van der Waals surface area contributed by atoms with E-state index >= 15 is 0 Å². The lowest BCUT2D eigenvalue weighted by Crippen LogP contribution is -2.40. The Labute approximate surface area is 89.9 Å². The number of halogens is 1. The predicted octanol–water partition coefficient (Wildman–Crippen LogP) is 3.35. The van der Waals surface area contributed by atoms with Crippen molar-refractivity contribution >= 4 is 5.69 Å². The van der Waals surface area contributed by atoms with Crippen LogP contribution in [0, 0.1) is 5.82 Å². The fourth-order valence-corrected chi connectivity index (χ4v) is 3.17. The normalized spacial score (nSPS) is 29.5. The van der Waals surface area contributed by atoms with E-state index in [1.165, 1.54) is 32.1 Å². The van der Waals surface area contributed by atoms with Crippen LogP contribution in [0.15, 0.2) is 24.3 Å². The largest absolute Gasteiger partial charge is 0.363 e. The summed E-state index contributed by atoms with van der Waals surface area (Å²) in [5.74, 6) is -0.0590. The zero-order valence-corrected chi connectivity index (χ0v) is 8.82. The third-order valence-electron chi connectivity index (χ3n) is 3.83. The van der Waals surface area contributed by atoms with Crippen LogP contribution in [0.2, 0.25) is 0 Å². The Morgan fingerprint density at radius 3 is 2.33 bits per heavy atom. The number of hydrogen-bond acceptors (Lipinski definition) is 1. The van der Waals surface area contributed by atoms with Crippen molar-refractivity contribution in [1.29, 1.82) is 0 Å². The Morgan fingerprint density at radius 2 is 1.67 bits per heavy atom. The van der Waals surface area contributed by atoms with Gasteiger partial charge in [-0.2, -0.15) is 0 Å². The van der Waals surface area contributed by atoms with Crippen molar-refractivity contribution in [1.82, 2.24) is 0 Å².